The molecule has 5 nitrogen and oxygen atoms in total. The standard InChI is InChI=1S/C13H17N5/c1-2-12-17-11(14)9-13(18-12)16-8-5-10-3-6-15-7-4-10/h3-4,6-7,9H,2,5,8H2,1H3,(H3,14,16,17,18). The van der Waals surface area contributed by atoms with Crippen molar-refractivity contribution in [3.05, 3.63) is 42.0 Å². The molecule has 0 aromatic carbocycles. The number of aryl methyl sites for hydroxylation is 1. The lowest BCUT2D eigenvalue weighted by molar-refractivity contribution is 0.929. The van der Waals surface area contributed by atoms with Crippen molar-refractivity contribution >= 4 is 11.6 Å². The van der Waals surface area contributed by atoms with E-state index in [-0.39, 0.29) is 0 Å². The first-order valence-corrected chi connectivity index (χ1v) is 6.04. The number of aromatic nitrogens is 3. The summed E-state index contributed by atoms with van der Waals surface area (Å²) in [5.74, 6) is 2.06. The van der Waals surface area contributed by atoms with Gasteiger partial charge in [-0.1, -0.05) is 6.92 Å². The largest absolute Gasteiger partial charge is 0.384 e. The van der Waals surface area contributed by atoms with E-state index in [1.165, 1.54) is 5.56 Å². The third kappa shape index (κ3) is 3.41. The van der Waals surface area contributed by atoms with Crippen molar-refractivity contribution in [2.45, 2.75) is 19.8 Å². The molecule has 0 fully saturated rings. The Morgan fingerprint density at radius 1 is 1.22 bits per heavy atom. The van der Waals surface area contributed by atoms with E-state index in [1.807, 2.05) is 19.1 Å². The Morgan fingerprint density at radius 2 is 2.00 bits per heavy atom. The average Bonchev–Trinajstić information content (AvgIpc) is 2.39. The van der Waals surface area contributed by atoms with Gasteiger partial charge in [-0.05, 0) is 24.1 Å². The van der Waals surface area contributed by atoms with Crippen LogP contribution >= 0.6 is 0 Å². The molecule has 0 saturated heterocycles. The molecule has 2 aromatic rings. The van der Waals surface area contributed by atoms with Crippen molar-refractivity contribution in [1.82, 2.24) is 15.0 Å². The molecule has 5 heteroatoms. The van der Waals surface area contributed by atoms with Crippen LogP contribution < -0.4 is 11.1 Å². The maximum atomic E-state index is 5.72. The fourth-order valence-corrected chi connectivity index (χ4v) is 1.65. The number of hydrogen-bond acceptors (Lipinski definition) is 5. The quantitative estimate of drug-likeness (QED) is 0.835. The zero-order valence-corrected chi connectivity index (χ0v) is 10.4. The Hall–Kier alpha value is -2.17. The van der Waals surface area contributed by atoms with Gasteiger partial charge in [0.2, 0.25) is 0 Å². The first-order valence-electron chi connectivity index (χ1n) is 6.04. The molecule has 0 aliphatic rings. The van der Waals surface area contributed by atoms with Crippen molar-refractivity contribution in [2.75, 3.05) is 17.6 Å². The van der Waals surface area contributed by atoms with Crippen LogP contribution in [-0.4, -0.2) is 21.5 Å². The highest BCUT2D eigenvalue weighted by Gasteiger charge is 2.00. The van der Waals surface area contributed by atoms with Crippen LogP contribution in [0.1, 0.15) is 18.3 Å². The van der Waals surface area contributed by atoms with Crippen molar-refractivity contribution in [3.63, 3.8) is 0 Å². The lowest BCUT2D eigenvalue weighted by Gasteiger charge is -2.07. The Balaban J connectivity index is 1.92. The zero-order valence-electron chi connectivity index (χ0n) is 10.4. The maximum Gasteiger partial charge on any atom is 0.132 e. The number of anilines is 2. The summed E-state index contributed by atoms with van der Waals surface area (Å²) in [7, 11) is 0. The van der Waals surface area contributed by atoms with E-state index in [9.17, 15) is 0 Å². The topological polar surface area (TPSA) is 76.7 Å². The van der Waals surface area contributed by atoms with Gasteiger partial charge in [-0.3, -0.25) is 4.98 Å². The molecule has 2 aromatic heterocycles. The highest BCUT2D eigenvalue weighted by atomic mass is 15.0. The number of nitrogens with two attached hydrogens (primary N) is 1. The minimum absolute atomic E-state index is 0.508. The summed E-state index contributed by atoms with van der Waals surface area (Å²) in [6.45, 7) is 2.82. The van der Waals surface area contributed by atoms with Gasteiger partial charge in [0, 0.05) is 31.4 Å². The molecule has 18 heavy (non-hydrogen) atoms. The lowest BCUT2D eigenvalue weighted by Crippen LogP contribution is -2.09. The average molecular weight is 243 g/mol. The molecule has 0 amide bonds. The molecule has 0 unspecified atom stereocenters. The smallest absolute Gasteiger partial charge is 0.132 e. The van der Waals surface area contributed by atoms with Crippen molar-refractivity contribution in [1.29, 1.82) is 0 Å². The van der Waals surface area contributed by atoms with E-state index in [0.717, 1.165) is 31.0 Å². The molecule has 94 valence electrons. The van der Waals surface area contributed by atoms with Gasteiger partial charge in [-0.2, -0.15) is 0 Å². The van der Waals surface area contributed by atoms with Crippen LogP contribution in [0.25, 0.3) is 0 Å². The molecule has 2 rings (SSSR count). The van der Waals surface area contributed by atoms with Gasteiger partial charge < -0.3 is 11.1 Å². The van der Waals surface area contributed by atoms with Crippen molar-refractivity contribution in [3.8, 4) is 0 Å². The lowest BCUT2D eigenvalue weighted by atomic mass is 10.2. The second kappa shape index (κ2) is 5.95. The van der Waals surface area contributed by atoms with E-state index >= 15 is 0 Å². The van der Waals surface area contributed by atoms with Crippen LogP contribution in [0.4, 0.5) is 11.6 Å². The monoisotopic (exact) mass is 243 g/mol. The highest BCUT2D eigenvalue weighted by Crippen LogP contribution is 2.09. The van der Waals surface area contributed by atoms with Gasteiger partial charge in [0.1, 0.15) is 17.5 Å². The molecule has 0 atom stereocenters. The Labute approximate surface area is 106 Å². The van der Waals surface area contributed by atoms with Gasteiger partial charge in [-0.15, -0.1) is 0 Å². The maximum absolute atomic E-state index is 5.72. The van der Waals surface area contributed by atoms with Gasteiger partial charge in [0.15, 0.2) is 0 Å². The second-order valence-corrected chi connectivity index (χ2v) is 3.98. The first kappa shape index (κ1) is 12.3. The number of nitrogen functional groups attached to an aromatic ring is 1. The molecule has 0 radical (unpaired) electrons. The van der Waals surface area contributed by atoms with E-state index in [2.05, 4.69) is 20.3 Å². The SMILES string of the molecule is CCc1nc(N)cc(NCCc2ccncc2)n1. The van der Waals surface area contributed by atoms with E-state index in [4.69, 9.17) is 5.73 Å². The van der Waals surface area contributed by atoms with Crippen LogP contribution in [-0.2, 0) is 12.8 Å². The molecule has 0 saturated carbocycles. The summed E-state index contributed by atoms with van der Waals surface area (Å²) in [5, 5.41) is 3.26. The number of hydrogen-bond donors (Lipinski definition) is 2. The third-order valence-corrected chi connectivity index (χ3v) is 2.58. The summed E-state index contributed by atoms with van der Waals surface area (Å²) in [4.78, 5) is 12.5. The third-order valence-electron chi connectivity index (χ3n) is 2.58. The van der Waals surface area contributed by atoms with Gasteiger partial charge in [-0.25, -0.2) is 9.97 Å². The van der Waals surface area contributed by atoms with Gasteiger partial charge in [0.25, 0.3) is 0 Å². The Morgan fingerprint density at radius 3 is 2.72 bits per heavy atom. The molecule has 0 bridgehead atoms. The number of nitrogens with zero attached hydrogens (tertiary/aromatic N) is 3. The Kier molecular flexibility index (Phi) is 4.06. The normalized spacial score (nSPS) is 10.3. The van der Waals surface area contributed by atoms with Crippen LogP contribution in [0.3, 0.4) is 0 Å². The van der Waals surface area contributed by atoms with Crippen molar-refractivity contribution < 1.29 is 0 Å². The van der Waals surface area contributed by atoms with Gasteiger partial charge >= 0.3 is 0 Å². The minimum atomic E-state index is 0.508. The number of rotatable bonds is 5. The van der Waals surface area contributed by atoms with Crippen LogP contribution in [0.5, 0.6) is 0 Å². The van der Waals surface area contributed by atoms with E-state index in [1.54, 1.807) is 18.5 Å². The zero-order chi connectivity index (χ0) is 12.8. The summed E-state index contributed by atoms with van der Waals surface area (Å²) in [6, 6.07) is 5.77. The van der Waals surface area contributed by atoms with E-state index in [0.29, 0.717) is 5.82 Å². The predicted octanol–water partition coefficient (Wildman–Crippen LogP) is 1.67. The molecular formula is C13H17N5. The highest BCUT2D eigenvalue weighted by molar-refractivity contribution is 5.44. The van der Waals surface area contributed by atoms with E-state index < -0.39 is 0 Å². The molecule has 2 heterocycles. The first-order chi connectivity index (χ1) is 8.78. The van der Waals surface area contributed by atoms with Crippen LogP contribution in [0, 0.1) is 0 Å². The van der Waals surface area contributed by atoms with Crippen LogP contribution in [0.15, 0.2) is 30.6 Å². The Bertz CT molecular complexity index is 498. The minimum Gasteiger partial charge on any atom is -0.384 e. The predicted molar refractivity (Wildman–Crippen MR) is 72.3 cm³/mol. The van der Waals surface area contributed by atoms with Crippen molar-refractivity contribution in [2.24, 2.45) is 0 Å². The second-order valence-electron chi connectivity index (χ2n) is 3.98. The molecular weight excluding hydrogens is 226 g/mol. The van der Waals surface area contributed by atoms with Gasteiger partial charge in [0.05, 0.1) is 0 Å². The molecule has 0 spiro atoms. The fraction of sp³-hybridized carbons (Fsp3) is 0.308. The molecule has 3 N–H and O–H groups in total. The summed E-state index contributed by atoms with van der Waals surface area (Å²) < 4.78 is 0. The summed E-state index contributed by atoms with van der Waals surface area (Å²) in [5.41, 5.74) is 6.96. The number of pyridine rings is 1. The van der Waals surface area contributed by atoms with Crippen LogP contribution in [0.2, 0.25) is 0 Å². The fourth-order valence-electron chi connectivity index (χ4n) is 1.65. The molecule has 0 aliphatic heterocycles. The summed E-state index contributed by atoms with van der Waals surface area (Å²) >= 11 is 0. The number of nitrogens with one attached hydrogen (secondary N) is 1. The molecule has 0 aliphatic carbocycles. The summed E-state index contributed by atoms with van der Waals surface area (Å²) in [6.07, 6.45) is 5.30.